The summed E-state index contributed by atoms with van der Waals surface area (Å²) in [7, 11) is -3.68. The molecule has 0 saturated heterocycles. The number of rotatable bonds is 7. The molecule has 0 bridgehead atoms. The van der Waals surface area contributed by atoms with Crippen molar-refractivity contribution in [3.63, 3.8) is 0 Å². The van der Waals surface area contributed by atoms with Gasteiger partial charge in [-0.25, -0.2) is 17.8 Å². The molecule has 0 aliphatic heterocycles. The number of aromatic nitrogens is 1. The Bertz CT molecular complexity index is 1320. The highest BCUT2D eigenvalue weighted by atomic mass is 35.5. The van der Waals surface area contributed by atoms with Crippen molar-refractivity contribution in [2.75, 3.05) is 10.7 Å². The van der Waals surface area contributed by atoms with E-state index in [2.05, 4.69) is 4.98 Å². The molecular formula is C21H16ClFN2O4S2. The third-order valence-corrected chi connectivity index (χ3v) is 7.55. The minimum Gasteiger partial charge on any atom is -0.467 e. The number of furan rings is 1. The van der Waals surface area contributed by atoms with Gasteiger partial charge in [0.1, 0.15) is 11.6 Å². The van der Waals surface area contributed by atoms with Crippen LogP contribution in [0.5, 0.6) is 0 Å². The molecule has 6 nitrogen and oxygen atoms in total. The third-order valence-electron chi connectivity index (χ3n) is 4.52. The van der Waals surface area contributed by atoms with E-state index in [0.29, 0.717) is 26.1 Å². The number of hydrogen-bond acceptors (Lipinski definition) is 6. The van der Waals surface area contributed by atoms with Gasteiger partial charge < -0.3 is 4.42 Å². The fourth-order valence-electron chi connectivity index (χ4n) is 2.94. The average molecular weight is 479 g/mol. The maximum absolute atomic E-state index is 13.6. The van der Waals surface area contributed by atoms with E-state index in [1.165, 1.54) is 53.6 Å². The van der Waals surface area contributed by atoms with Gasteiger partial charge in [0.25, 0.3) is 0 Å². The molecule has 31 heavy (non-hydrogen) atoms. The number of nitrogens with zero attached hydrogens (tertiary/aromatic N) is 2. The number of carbonyl (C=O) groups is 1. The Morgan fingerprint density at radius 3 is 2.65 bits per heavy atom. The number of benzene rings is 2. The van der Waals surface area contributed by atoms with E-state index in [4.69, 9.17) is 16.0 Å². The second-order valence-corrected chi connectivity index (χ2v) is 10.2. The molecule has 10 heteroatoms. The number of hydrogen-bond donors (Lipinski definition) is 0. The highest BCUT2D eigenvalue weighted by molar-refractivity contribution is 7.91. The molecule has 0 N–H and O–H groups in total. The molecule has 160 valence electrons. The van der Waals surface area contributed by atoms with Crippen LogP contribution in [0.4, 0.5) is 9.52 Å². The summed E-state index contributed by atoms with van der Waals surface area (Å²) in [5, 5.41) is 0.762. The lowest BCUT2D eigenvalue weighted by molar-refractivity contribution is -0.118. The van der Waals surface area contributed by atoms with Gasteiger partial charge in [-0.05, 0) is 54.6 Å². The van der Waals surface area contributed by atoms with Crippen LogP contribution in [0.1, 0.15) is 12.2 Å². The van der Waals surface area contributed by atoms with Crippen LogP contribution in [0.3, 0.4) is 0 Å². The first kappa shape index (κ1) is 21.5. The molecule has 2 aromatic heterocycles. The Hall–Kier alpha value is -2.75. The lowest BCUT2D eigenvalue weighted by Gasteiger charge is -2.18. The van der Waals surface area contributed by atoms with E-state index in [0.717, 1.165) is 11.3 Å². The third kappa shape index (κ3) is 4.95. The first-order valence-corrected chi connectivity index (χ1v) is 12.0. The molecule has 1 amide bonds. The van der Waals surface area contributed by atoms with E-state index in [1.807, 2.05) is 0 Å². The molecule has 0 aliphatic carbocycles. The van der Waals surface area contributed by atoms with Gasteiger partial charge in [0.05, 0.1) is 33.7 Å². The summed E-state index contributed by atoms with van der Waals surface area (Å²) in [6.07, 6.45) is 1.23. The highest BCUT2D eigenvalue weighted by Crippen LogP contribution is 2.31. The number of carbonyl (C=O) groups excluding carboxylic acids is 1. The van der Waals surface area contributed by atoms with Crippen LogP contribution >= 0.6 is 22.9 Å². The van der Waals surface area contributed by atoms with Gasteiger partial charge in [-0.15, -0.1) is 0 Å². The van der Waals surface area contributed by atoms with Gasteiger partial charge in [-0.1, -0.05) is 22.9 Å². The SMILES string of the molecule is O=C(CCS(=O)(=O)c1ccc(Cl)cc1)N(Cc1ccco1)c1nc2ccc(F)cc2s1. The molecule has 0 fully saturated rings. The van der Waals surface area contributed by atoms with Crippen molar-refractivity contribution in [3.8, 4) is 0 Å². The summed E-state index contributed by atoms with van der Waals surface area (Å²) < 4.78 is 44.7. The number of amides is 1. The van der Waals surface area contributed by atoms with Crippen LogP contribution < -0.4 is 4.90 Å². The second kappa shape index (κ2) is 8.78. The van der Waals surface area contributed by atoms with Crippen molar-refractivity contribution in [1.29, 1.82) is 0 Å². The molecule has 2 heterocycles. The fourth-order valence-corrected chi connectivity index (χ4v) is 5.30. The molecule has 0 radical (unpaired) electrons. The van der Waals surface area contributed by atoms with Gasteiger partial charge >= 0.3 is 0 Å². The van der Waals surface area contributed by atoms with Crippen molar-refractivity contribution in [2.24, 2.45) is 0 Å². The predicted octanol–water partition coefficient (Wildman–Crippen LogP) is 5.08. The van der Waals surface area contributed by atoms with Crippen molar-refractivity contribution in [2.45, 2.75) is 17.9 Å². The fraction of sp³-hybridized carbons (Fsp3) is 0.143. The lowest BCUT2D eigenvalue weighted by Crippen LogP contribution is -2.31. The van der Waals surface area contributed by atoms with E-state index < -0.39 is 21.6 Å². The monoisotopic (exact) mass is 478 g/mol. The summed E-state index contributed by atoms with van der Waals surface area (Å²) in [6.45, 7) is 0.0785. The molecule has 0 saturated carbocycles. The average Bonchev–Trinajstić information content (AvgIpc) is 3.39. The molecule has 0 spiro atoms. The van der Waals surface area contributed by atoms with Gasteiger partial charge in [0.2, 0.25) is 5.91 Å². The maximum atomic E-state index is 13.6. The lowest BCUT2D eigenvalue weighted by atomic mass is 10.3. The quantitative estimate of drug-likeness (QED) is 0.370. The summed E-state index contributed by atoms with van der Waals surface area (Å²) in [5.74, 6) is -0.699. The summed E-state index contributed by atoms with van der Waals surface area (Å²) in [5.41, 5.74) is 0.549. The van der Waals surface area contributed by atoms with Crippen LogP contribution in [0.2, 0.25) is 5.02 Å². The molecule has 2 aromatic carbocycles. The molecule has 4 rings (SSSR count). The number of thiazole rings is 1. The van der Waals surface area contributed by atoms with Crippen LogP contribution in [-0.2, 0) is 21.2 Å². The Balaban J connectivity index is 1.58. The van der Waals surface area contributed by atoms with E-state index >= 15 is 0 Å². The molecule has 4 aromatic rings. The Kier molecular flexibility index (Phi) is 6.08. The smallest absolute Gasteiger partial charge is 0.230 e. The minimum absolute atomic E-state index is 0.0785. The summed E-state index contributed by atoms with van der Waals surface area (Å²) >= 11 is 6.97. The largest absolute Gasteiger partial charge is 0.467 e. The first-order valence-electron chi connectivity index (χ1n) is 9.19. The van der Waals surface area contributed by atoms with Crippen molar-refractivity contribution >= 4 is 54.0 Å². The zero-order valence-corrected chi connectivity index (χ0v) is 18.4. The van der Waals surface area contributed by atoms with Gasteiger partial charge in [-0.3, -0.25) is 9.69 Å². The second-order valence-electron chi connectivity index (χ2n) is 6.69. The van der Waals surface area contributed by atoms with Crippen LogP contribution in [0, 0.1) is 5.82 Å². The standard InChI is InChI=1S/C21H16ClFN2O4S2/c22-14-3-6-17(7-4-14)31(27,28)11-9-20(26)25(13-16-2-1-10-29-16)21-24-18-8-5-15(23)12-19(18)30-21/h1-8,10,12H,9,11,13H2. The van der Waals surface area contributed by atoms with Gasteiger partial charge in [-0.2, -0.15) is 0 Å². The summed E-state index contributed by atoms with van der Waals surface area (Å²) in [4.78, 5) is 18.9. The number of fused-ring (bicyclic) bond motifs is 1. The molecular weight excluding hydrogens is 463 g/mol. The topological polar surface area (TPSA) is 80.5 Å². The van der Waals surface area contributed by atoms with Crippen molar-refractivity contribution in [1.82, 2.24) is 4.98 Å². The normalized spacial score (nSPS) is 11.7. The van der Waals surface area contributed by atoms with Crippen LogP contribution in [0.25, 0.3) is 10.2 Å². The molecule has 0 atom stereocenters. The highest BCUT2D eigenvalue weighted by Gasteiger charge is 2.24. The Morgan fingerprint density at radius 2 is 1.94 bits per heavy atom. The summed E-state index contributed by atoms with van der Waals surface area (Å²) in [6, 6.07) is 13.4. The zero-order valence-electron chi connectivity index (χ0n) is 16.0. The Morgan fingerprint density at radius 1 is 1.16 bits per heavy atom. The predicted molar refractivity (Wildman–Crippen MR) is 118 cm³/mol. The van der Waals surface area contributed by atoms with Crippen LogP contribution in [-0.4, -0.2) is 25.1 Å². The Labute approximate surface area is 186 Å². The van der Waals surface area contributed by atoms with Gasteiger partial charge in [0, 0.05) is 11.4 Å². The van der Waals surface area contributed by atoms with E-state index in [1.54, 1.807) is 12.1 Å². The minimum atomic E-state index is -3.68. The van der Waals surface area contributed by atoms with Crippen molar-refractivity contribution < 1.29 is 22.0 Å². The zero-order chi connectivity index (χ0) is 22.0. The van der Waals surface area contributed by atoms with E-state index in [9.17, 15) is 17.6 Å². The van der Waals surface area contributed by atoms with Crippen LogP contribution in [0.15, 0.2) is 70.2 Å². The first-order chi connectivity index (χ1) is 14.8. The maximum Gasteiger partial charge on any atom is 0.230 e. The number of sulfone groups is 1. The van der Waals surface area contributed by atoms with E-state index in [-0.39, 0.29) is 23.6 Å². The number of anilines is 1. The van der Waals surface area contributed by atoms with Crippen molar-refractivity contribution in [3.05, 3.63) is 77.5 Å². The molecule has 0 unspecified atom stereocenters. The van der Waals surface area contributed by atoms with Gasteiger partial charge in [0.15, 0.2) is 15.0 Å². The number of halogens is 2. The molecule has 0 aliphatic rings.